The highest BCUT2D eigenvalue weighted by Crippen LogP contribution is 2.30. The summed E-state index contributed by atoms with van der Waals surface area (Å²) in [5, 5.41) is 17.2. The number of anilines is 1. The van der Waals surface area contributed by atoms with Crippen LogP contribution in [0.1, 0.15) is 11.1 Å². The number of hydrogen-bond acceptors (Lipinski definition) is 4. The molecule has 0 spiro atoms. The van der Waals surface area contributed by atoms with Crippen molar-refractivity contribution in [3.8, 4) is 5.75 Å². The molecule has 0 radical (unpaired) electrons. The second kappa shape index (κ2) is 8.01. The topological polar surface area (TPSA) is 90.8 Å². The zero-order valence-corrected chi connectivity index (χ0v) is 14.7. The maximum atomic E-state index is 12.7. The monoisotopic (exact) mass is 401 g/mol. The number of phenolic OH excluding ortho intramolecular Hbond substituents is 1. The number of carbonyl (C=O) groups is 2. The van der Waals surface area contributed by atoms with Crippen LogP contribution >= 0.6 is 0 Å². The van der Waals surface area contributed by atoms with Crippen molar-refractivity contribution < 1.29 is 27.9 Å². The van der Waals surface area contributed by atoms with E-state index in [-0.39, 0.29) is 11.4 Å². The summed E-state index contributed by atoms with van der Waals surface area (Å²) in [6, 6.07) is 14.2. The molecule has 3 aromatic rings. The Morgan fingerprint density at radius 1 is 0.966 bits per heavy atom. The lowest BCUT2D eigenvalue weighted by Crippen LogP contribution is -2.32. The first-order valence-electron chi connectivity index (χ1n) is 8.28. The third kappa shape index (κ3) is 4.70. The number of carbonyl (C=O) groups excluding carboxylic acids is 2. The van der Waals surface area contributed by atoms with Crippen molar-refractivity contribution in [3.05, 3.63) is 71.8 Å². The van der Waals surface area contributed by atoms with E-state index in [9.17, 15) is 27.9 Å². The number of nitrogens with one attached hydrogen (secondary N) is 2. The van der Waals surface area contributed by atoms with Crippen molar-refractivity contribution in [1.82, 2.24) is 5.43 Å². The lowest BCUT2D eigenvalue weighted by Gasteiger charge is -2.09. The minimum Gasteiger partial charge on any atom is -0.507 e. The Morgan fingerprint density at radius 3 is 2.48 bits per heavy atom. The lowest BCUT2D eigenvalue weighted by molar-refractivity contribution is -0.137. The van der Waals surface area contributed by atoms with Gasteiger partial charge in [0.05, 0.1) is 11.8 Å². The molecule has 0 saturated heterocycles. The second-order valence-electron chi connectivity index (χ2n) is 5.95. The van der Waals surface area contributed by atoms with Crippen LogP contribution in [-0.4, -0.2) is 23.1 Å². The van der Waals surface area contributed by atoms with Crippen LogP contribution < -0.4 is 10.7 Å². The third-order valence-corrected chi connectivity index (χ3v) is 3.96. The number of amides is 2. The van der Waals surface area contributed by atoms with Gasteiger partial charge in [0, 0.05) is 11.3 Å². The number of hydrogen-bond donors (Lipinski definition) is 3. The Labute approximate surface area is 162 Å². The summed E-state index contributed by atoms with van der Waals surface area (Å²) in [7, 11) is 0. The van der Waals surface area contributed by atoms with Gasteiger partial charge in [-0.05, 0) is 35.0 Å². The van der Waals surface area contributed by atoms with Crippen LogP contribution in [0, 0.1) is 0 Å². The Bertz CT molecular complexity index is 1110. The van der Waals surface area contributed by atoms with Crippen molar-refractivity contribution in [3.63, 3.8) is 0 Å². The predicted octanol–water partition coefficient (Wildman–Crippen LogP) is 3.65. The number of alkyl halides is 3. The minimum atomic E-state index is -4.58. The van der Waals surface area contributed by atoms with E-state index in [0.717, 1.165) is 17.5 Å². The molecule has 0 atom stereocenters. The van der Waals surface area contributed by atoms with Crippen molar-refractivity contribution in [2.45, 2.75) is 6.18 Å². The first kappa shape index (κ1) is 19.9. The Balaban J connectivity index is 1.69. The maximum absolute atomic E-state index is 12.7. The molecule has 6 nitrogen and oxygen atoms in total. The molecule has 2 amide bonds. The van der Waals surface area contributed by atoms with Crippen molar-refractivity contribution in [2.75, 3.05) is 5.32 Å². The zero-order chi connectivity index (χ0) is 21.0. The zero-order valence-electron chi connectivity index (χ0n) is 14.7. The molecule has 0 fully saturated rings. The number of nitrogens with zero attached hydrogens (tertiary/aromatic N) is 1. The molecule has 0 unspecified atom stereocenters. The van der Waals surface area contributed by atoms with Crippen molar-refractivity contribution in [1.29, 1.82) is 0 Å². The van der Waals surface area contributed by atoms with Gasteiger partial charge in [0.25, 0.3) is 0 Å². The molecule has 148 valence electrons. The SMILES string of the molecule is O=C(N/N=C/c1c(O)ccc2ccccc12)C(=O)Nc1cccc(C(F)(F)F)c1. The summed E-state index contributed by atoms with van der Waals surface area (Å²) in [6.45, 7) is 0. The third-order valence-electron chi connectivity index (χ3n) is 3.96. The van der Waals surface area contributed by atoms with Gasteiger partial charge < -0.3 is 10.4 Å². The standard InChI is InChI=1S/C20H14F3N3O3/c21-20(22,23)13-5-3-6-14(10-13)25-18(28)19(29)26-24-11-16-15-7-2-1-4-12(15)8-9-17(16)27/h1-11,27H,(H,25,28)(H,26,29)/b24-11+. The van der Waals surface area contributed by atoms with Crippen LogP contribution in [0.5, 0.6) is 5.75 Å². The van der Waals surface area contributed by atoms with Crippen LogP contribution in [0.3, 0.4) is 0 Å². The number of benzene rings is 3. The fourth-order valence-electron chi connectivity index (χ4n) is 2.59. The molecule has 0 aliphatic rings. The van der Waals surface area contributed by atoms with Gasteiger partial charge in [-0.1, -0.05) is 36.4 Å². The van der Waals surface area contributed by atoms with Gasteiger partial charge in [0.1, 0.15) is 5.75 Å². The summed E-state index contributed by atoms with van der Waals surface area (Å²) >= 11 is 0. The van der Waals surface area contributed by atoms with Crippen LogP contribution in [0.25, 0.3) is 10.8 Å². The van der Waals surface area contributed by atoms with Gasteiger partial charge in [-0.25, -0.2) is 5.43 Å². The molecule has 3 aromatic carbocycles. The van der Waals surface area contributed by atoms with Crippen molar-refractivity contribution >= 4 is 34.5 Å². The molecule has 3 N–H and O–H groups in total. The molecule has 0 bridgehead atoms. The van der Waals surface area contributed by atoms with Crippen LogP contribution in [0.15, 0.2) is 65.8 Å². The summed E-state index contributed by atoms with van der Waals surface area (Å²) in [4.78, 5) is 23.7. The molecule has 0 aromatic heterocycles. The van der Waals surface area contributed by atoms with Crippen LogP contribution in [0.4, 0.5) is 18.9 Å². The van der Waals surface area contributed by atoms with Gasteiger partial charge in [-0.15, -0.1) is 0 Å². The van der Waals surface area contributed by atoms with E-state index in [1.54, 1.807) is 18.2 Å². The molecule has 0 aliphatic carbocycles. The summed E-state index contributed by atoms with van der Waals surface area (Å²) < 4.78 is 38.1. The average molecular weight is 401 g/mol. The van der Waals surface area contributed by atoms with Gasteiger partial charge in [-0.2, -0.15) is 18.3 Å². The largest absolute Gasteiger partial charge is 0.507 e. The smallest absolute Gasteiger partial charge is 0.416 e. The van der Waals surface area contributed by atoms with Gasteiger partial charge in [-0.3, -0.25) is 9.59 Å². The van der Waals surface area contributed by atoms with E-state index >= 15 is 0 Å². The van der Waals surface area contributed by atoms with Gasteiger partial charge in [0.15, 0.2) is 0 Å². The van der Waals surface area contributed by atoms with Crippen LogP contribution in [0.2, 0.25) is 0 Å². The molecule has 0 heterocycles. The van der Waals surface area contributed by atoms with E-state index in [1.807, 2.05) is 17.6 Å². The number of aromatic hydroxyl groups is 1. The molecular formula is C20H14F3N3O3. The number of rotatable bonds is 3. The fourth-order valence-corrected chi connectivity index (χ4v) is 2.59. The summed E-state index contributed by atoms with van der Waals surface area (Å²) in [5.41, 5.74) is 1.17. The van der Waals surface area contributed by atoms with Gasteiger partial charge >= 0.3 is 18.0 Å². The Morgan fingerprint density at radius 2 is 1.72 bits per heavy atom. The average Bonchev–Trinajstić information content (AvgIpc) is 2.69. The Hall–Kier alpha value is -3.88. The highest BCUT2D eigenvalue weighted by atomic mass is 19.4. The molecule has 3 rings (SSSR count). The maximum Gasteiger partial charge on any atom is 0.416 e. The molecule has 0 aliphatic heterocycles. The normalized spacial score (nSPS) is 11.6. The quantitative estimate of drug-likeness (QED) is 0.355. The lowest BCUT2D eigenvalue weighted by atomic mass is 10.0. The highest BCUT2D eigenvalue weighted by molar-refractivity contribution is 6.39. The fraction of sp³-hybridized carbons (Fsp3) is 0.0500. The van der Waals surface area contributed by atoms with Crippen LogP contribution in [-0.2, 0) is 15.8 Å². The molecule has 29 heavy (non-hydrogen) atoms. The number of halogens is 3. The van der Waals surface area contributed by atoms with E-state index in [2.05, 4.69) is 10.4 Å². The van der Waals surface area contributed by atoms with E-state index in [1.165, 1.54) is 18.3 Å². The Kier molecular flexibility index (Phi) is 5.49. The predicted molar refractivity (Wildman–Crippen MR) is 101 cm³/mol. The molecule has 9 heteroatoms. The first-order chi connectivity index (χ1) is 13.8. The van der Waals surface area contributed by atoms with E-state index in [4.69, 9.17) is 0 Å². The summed E-state index contributed by atoms with van der Waals surface area (Å²) in [6.07, 6.45) is -3.40. The first-order valence-corrected chi connectivity index (χ1v) is 8.28. The second-order valence-corrected chi connectivity index (χ2v) is 5.95. The van der Waals surface area contributed by atoms with Gasteiger partial charge in [0.2, 0.25) is 0 Å². The van der Waals surface area contributed by atoms with Crippen molar-refractivity contribution in [2.24, 2.45) is 5.10 Å². The highest BCUT2D eigenvalue weighted by Gasteiger charge is 2.30. The molecular weight excluding hydrogens is 387 g/mol. The molecule has 0 saturated carbocycles. The van der Waals surface area contributed by atoms with E-state index < -0.39 is 23.6 Å². The number of fused-ring (bicyclic) bond motifs is 1. The minimum absolute atomic E-state index is 0.0740. The van der Waals surface area contributed by atoms with E-state index in [0.29, 0.717) is 17.0 Å². The number of phenols is 1. The summed E-state index contributed by atoms with van der Waals surface area (Å²) in [5.74, 6) is -2.45. The number of hydrazone groups is 1.